The third-order valence-corrected chi connectivity index (χ3v) is 3.70. The molecule has 3 rings (SSSR count). The fourth-order valence-electron chi connectivity index (χ4n) is 1.88. The van der Waals surface area contributed by atoms with Crippen molar-refractivity contribution >= 4 is 17.3 Å². The number of carbonyl (C=O) groups excluding carboxylic acids is 1. The predicted molar refractivity (Wildman–Crippen MR) is 81.4 cm³/mol. The molecule has 0 spiro atoms. The Hall–Kier alpha value is -2.87. The Bertz CT molecular complexity index is 813. The number of hydrogen-bond acceptors (Lipinski definition) is 8. The molecule has 23 heavy (non-hydrogen) atoms. The zero-order chi connectivity index (χ0) is 16.2. The van der Waals surface area contributed by atoms with E-state index in [0.717, 1.165) is 5.56 Å². The largest absolute Gasteiger partial charge is 0.504 e. The van der Waals surface area contributed by atoms with Crippen LogP contribution in [0.3, 0.4) is 0 Å². The molecule has 2 heterocycles. The van der Waals surface area contributed by atoms with Crippen LogP contribution < -0.4 is 4.74 Å². The molecule has 1 aromatic carbocycles. The van der Waals surface area contributed by atoms with Gasteiger partial charge in [0.2, 0.25) is 5.82 Å². The van der Waals surface area contributed by atoms with Crippen LogP contribution in [0.1, 0.15) is 16.2 Å². The number of thiophene rings is 1. The summed E-state index contributed by atoms with van der Waals surface area (Å²) in [6, 6.07) is 6.41. The molecule has 1 N–H and O–H groups in total. The number of para-hydroxylation sites is 1. The highest BCUT2D eigenvalue weighted by Gasteiger charge is 2.17. The third kappa shape index (κ3) is 3.16. The molecule has 0 radical (unpaired) electrons. The van der Waals surface area contributed by atoms with Crippen molar-refractivity contribution in [2.75, 3.05) is 7.11 Å². The van der Waals surface area contributed by atoms with Gasteiger partial charge in [0.05, 0.1) is 7.11 Å². The highest BCUT2D eigenvalue weighted by atomic mass is 32.1. The van der Waals surface area contributed by atoms with Crippen LogP contribution in [-0.2, 0) is 11.3 Å². The maximum absolute atomic E-state index is 12.0. The van der Waals surface area contributed by atoms with Gasteiger partial charge >= 0.3 is 5.97 Å². The average molecular weight is 332 g/mol. The monoisotopic (exact) mass is 332 g/mol. The summed E-state index contributed by atoms with van der Waals surface area (Å²) in [7, 11) is 1.40. The Labute approximate surface area is 135 Å². The maximum Gasteiger partial charge on any atom is 0.342 e. The number of nitrogens with zero attached hydrogens (tertiary/aromatic N) is 2. The van der Waals surface area contributed by atoms with E-state index in [1.54, 1.807) is 6.07 Å². The van der Waals surface area contributed by atoms with Gasteiger partial charge in [-0.3, -0.25) is 0 Å². The Balaban J connectivity index is 1.68. The van der Waals surface area contributed by atoms with Crippen molar-refractivity contribution in [3.8, 4) is 22.9 Å². The van der Waals surface area contributed by atoms with Gasteiger partial charge < -0.3 is 19.1 Å². The molecule has 0 unspecified atom stereocenters. The van der Waals surface area contributed by atoms with Gasteiger partial charge in [-0.2, -0.15) is 16.3 Å². The fourth-order valence-corrected chi connectivity index (χ4v) is 2.51. The number of aromatic hydroxyl groups is 1. The lowest BCUT2D eigenvalue weighted by Gasteiger charge is -2.07. The number of carbonyl (C=O) groups is 1. The summed E-state index contributed by atoms with van der Waals surface area (Å²) in [4.78, 5) is 16.2. The fraction of sp³-hybridized carbons (Fsp3) is 0.133. The molecule has 0 bridgehead atoms. The molecule has 0 saturated heterocycles. The second-order valence-electron chi connectivity index (χ2n) is 4.46. The van der Waals surface area contributed by atoms with E-state index >= 15 is 0 Å². The summed E-state index contributed by atoms with van der Waals surface area (Å²) in [5.41, 5.74) is 0.837. The van der Waals surface area contributed by atoms with E-state index < -0.39 is 5.97 Å². The molecule has 3 aromatic rings. The number of hydrogen-bond donors (Lipinski definition) is 1. The minimum atomic E-state index is -0.711. The molecule has 0 saturated carbocycles. The maximum atomic E-state index is 12.0. The van der Waals surface area contributed by atoms with Gasteiger partial charge in [-0.25, -0.2) is 4.79 Å². The van der Waals surface area contributed by atoms with Crippen LogP contribution in [0.25, 0.3) is 11.4 Å². The average Bonchev–Trinajstić information content (AvgIpc) is 3.24. The van der Waals surface area contributed by atoms with E-state index in [2.05, 4.69) is 10.1 Å². The number of rotatable bonds is 5. The first-order valence-electron chi connectivity index (χ1n) is 6.57. The van der Waals surface area contributed by atoms with Crippen molar-refractivity contribution in [2.24, 2.45) is 0 Å². The van der Waals surface area contributed by atoms with E-state index in [-0.39, 0.29) is 29.6 Å². The van der Waals surface area contributed by atoms with Crippen LogP contribution in [0.4, 0.5) is 0 Å². The van der Waals surface area contributed by atoms with Crippen LogP contribution >= 0.6 is 11.3 Å². The number of esters is 1. The summed E-state index contributed by atoms with van der Waals surface area (Å²) >= 11 is 1.52. The van der Waals surface area contributed by atoms with Gasteiger partial charge in [0, 0.05) is 10.9 Å². The van der Waals surface area contributed by atoms with E-state index in [1.807, 2.05) is 16.8 Å². The van der Waals surface area contributed by atoms with Crippen molar-refractivity contribution in [1.82, 2.24) is 10.1 Å². The van der Waals surface area contributed by atoms with E-state index in [4.69, 9.17) is 14.0 Å². The number of aromatic nitrogens is 2. The normalized spacial score (nSPS) is 10.5. The number of methoxy groups -OCH3 is 1. The van der Waals surface area contributed by atoms with E-state index in [0.29, 0.717) is 5.82 Å². The van der Waals surface area contributed by atoms with E-state index in [1.165, 1.54) is 30.6 Å². The molecule has 0 aliphatic carbocycles. The van der Waals surface area contributed by atoms with Crippen LogP contribution in [0.2, 0.25) is 0 Å². The number of ether oxygens (including phenoxy) is 2. The molecule has 118 valence electrons. The summed E-state index contributed by atoms with van der Waals surface area (Å²) in [5, 5.41) is 17.5. The Kier molecular flexibility index (Phi) is 4.24. The lowest BCUT2D eigenvalue weighted by Crippen LogP contribution is -2.06. The number of benzene rings is 1. The molecule has 0 fully saturated rings. The molecular weight excluding hydrogens is 320 g/mol. The first kappa shape index (κ1) is 15.0. The lowest BCUT2D eigenvalue weighted by molar-refractivity contribution is 0.0426. The molecule has 8 heteroatoms. The zero-order valence-corrected chi connectivity index (χ0v) is 12.9. The van der Waals surface area contributed by atoms with Gasteiger partial charge in [-0.15, -0.1) is 0 Å². The summed E-state index contributed by atoms with van der Waals surface area (Å²) in [6.45, 7) is -0.188. The topological polar surface area (TPSA) is 94.7 Å². The highest BCUT2D eigenvalue weighted by Crippen LogP contribution is 2.30. The van der Waals surface area contributed by atoms with Crippen molar-refractivity contribution in [3.05, 3.63) is 46.5 Å². The van der Waals surface area contributed by atoms with Crippen molar-refractivity contribution < 1.29 is 23.9 Å². The van der Waals surface area contributed by atoms with Crippen LogP contribution in [0.5, 0.6) is 11.5 Å². The molecule has 7 nitrogen and oxygen atoms in total. The standard InChI is InChI=1S/C15H12N2O5S/c1-20-11-4-2-3-10(13(11)18)15(19)21-7-12-16-14(17-22-12)9-5-6-23-8-9/h2-6,8,18H,7H2,1H3. The Morgan fingerprint density at radius 1 is 1.39 bits per heavy atom. The molecular formula is C15H12N2O5S. The van der Waals surface area contributed by atoms with Crippen LogP contribution in [0.15, 0.2) is 39.5 Å². The van der Waals surface area contributed by atoms with Crippen molar-refractivity contribution in [3.63, 3.8) is 0 Å². The summed E-state index contributed by atoms with van der Waals surface area (Å²) in [5.74, 6) is -0.193. The van der Waals surface area contributed by atoms with Gasteiger partial charge in [0.25, 0.3) is 5.89 Å². The predicted octanol–water partition coefficient (Wildman–Crippen LogP) is 2.87. The minimum absolute atomic E-state index is 0.00178. The highest BCUT2D eigenvalue weighted by molar-refractivity contribution is 7.08. The first-order valence-corrected chi connectivity index (χ1v) is 7.51. The summed E-state index contributed by atoms with van der Waals surface area (Å²) < 4.78 is 15.1. The third-order valence-electron chi connectivity index (χ3n) is 3.01. The van der Waals surface area contributed by atoms with E-state index in [9.17, 15) is 9.90 Å². The van der Waals surface area contributed by atoms with Gasteiger partial charge in [-0.1, -0.05) is 11.2 Å². The number of phenolic OH excluding ortho intramolecular Hbond substituents is 1. The van der Waals surface area contributed by atoms with Crippen molar-refractivity contribution in [2.45, 2.75) is 6.61 Å². The SMILES string of the molecule is COc1cccc(C(=O)OCc2nc(-c3ccsc3)no2)c1O. The first-order chi connectivity index (χ1) is 11.2. The molecule has 0 aliphatic rings. The second kappa shape index (κ2) is 6.49. The molecule has 2 aromatic heterocycles. The van der Waals surface area contributed by atoms with Gasteiger partial charge in [-0.05, 0) is 23.6 Å². The lowest BCUT2D eigenvalue weighted by atomic mass is 10.2. The Morgan fingerprint density at radius 3 is 3.00 bits per heavy atom. The molecule has 0 amide bonds. The smallest absolute Gasteiger partial charge is 0.342 e. The second-order valence-corrected chi connectivity index (χ2v) is 5.24. The van der Waals surface area contributed by atoms with Gasteiger partial charge in [0.15, 0.2) is 18.1 Å². The van der Waals surface area contributed by atoms with Gasteiger partial charge in [0.1, 0.15) is 5.56 Å². The zero-order valence-electron chi connectivity index (χ0n) is 12.1. The van der Waals surface area contributed by atoms with Crippen molar-refractivity contribution in [1.29, 1.82) is 0 Å². The quantitative estimate of drug-likeness (QED) is 0.718. The molecule has 0 atom stereocenters. The molecule has 0 aliphatic heterocycles. The van der Waals surface area contributed by atoms with Crippen LogP contribution in [0, 0.1) is 0 Å². The minimum Gasteiger partial charge on any atom is -0.504 e. The number of phenols is 1. The summed E-state index contributed by atoms with van der Waals surface area (Å²) in [6.07, 6.45) is 0. The Morgan fingerprint density at radius 2 is 2.26 bits per heavy atom. The van der Waals surface area contributed by atoms with Crippen LogP contribution in [-0.4, -0.2) is 28.3 Å².